The van der Waals surface area contributed by atoms with Crippen LogP contribution in [0.1, 0.15) is 25.3 Å². The van der Waals surface area contributed by atoms with Gasteiger partial charge in [0.2, 0.25) is 10.0 Å². The van der Waals surface area contributed by atoms with Crippen molar-refractivity contribution < 1.29 is 8.42 Å². The van der Waals surface area contributed by atoms with Crippen molar-refractivity contribution in [1.29, 1.82) is 0 Å². The van der Waals surface area contributed by atoms with Crippen molar-refractivity contribution in [2.45, 2.75) is 31.2 Å². The number of rotatable bonds is 4. The third-order valence-corrected chi connectivity index (χ3v) is 6.51. The van der Waals surface area contributed by atoms with Gasteiger partial charge in [0.05, 0.1) is 5.02 Å². The van der Waals surface area contributed by atoms with Crippen molar-refractivity contribution >= 4 is 33.2 Å². The number of piperidine rings is 1. The molecular formula is C14H20Cl2N2O2S. The highest BCUT2D eigenvalue weighted by Crippen LogP contribution is 2.33. The molecule has 0 bridgehead atoms. The number of sulfonamides is 1. The maximum Gasteiger partial charge on any atom is 0.244 e. The van der Waals surface area contributed by atoms with E-state index >= 15 is 0 Å². The Hall–Kier alpha value is -0.330. The minimum Gasteiger partial charge on any atom is -0.316 e. The zero-order valence-electron chi connectivity index (χ0n) is 12.2. The van der Waals surface area contributed by atoms with E-state index < -0.39 is 10.0 Å². The summed E-state index contributed by atoms with van der Waals surface area (Å²) in [6.07, 6.45) is 1.75. The van der Waals surface area contributed by atoms with Crippen molar-refractivity contribution in [2.75, 3.05) is 20.1 Å². The Labute approximate surface area is 136 Å². The highest BCUT2D eigenvalue weighted by molar-refractivity contribution is 7.89. The van der Waals surface area contributed by atoms with E-state index in [-0.39, 0.29) is 9.92 Å². The molecule has 1 aliphatic heterocycles. The molecule has 0 aliphatic carbocycles. The zero-order valence-corrected chi connectivity index (χ0v) is 14.5. The molecule has 1 heterocycles. The molecule has 0 saturated carbocycles. The molecular weight excluding hydrogens is 331 g/mol. The summed E-state index contributed by atoms with van der Waals surface area (Å²) in [5.41, 5.74) is 0.690. The minimum absolute atomic E-state index is 0.108. The highest BCUT2D eigenvalue weighted by atomic mass is 35.5. The summed E-state index contributed by atoms with van der Waals surface area (Å²) in [7, 11) is -1.82. The summed E-state index contributed by atoms with van der Waals surface area (Å²) in [5.74, 6) is 0.561. The second kappa shape index (κ2) is 6.84. The Morgan fingerprint density at radius 2 is 1.90 bits per heavy atom. The molecule has 1 aromatic rings. The summed E-state index contributed by atoms with van der Waals surface area (Å²) < 4.78 is 27.1. The van der Waals surface area contributed by atoms with E-state index in [4.69, 9.17) is 23.2 Å². The van der Waals surface area contributed by atoms with E-state index in [1.807, 2.05) is 0 Å². The van der Waals surface area contributed by atoms with Gasteiger partial charge in [-0.05, 0) is 43.5 Å². The molecule has 1 aliphatic rings. The largest absolute Gasteiger partial charge is 0.316 e. The van der Waals surface area contributed by atoms with Crippen molar-refractivity contribution in [1.82, 2.24) is 9.62 Å². The van der Waals surface area contributed by atoms with Crippen LogP contribution in [0.2, 0.25) is 10.0 Å². The first-order chi connectivity index (χ1) is 9.86. The van der Waals surface area contributed by atoms with Crippen LogP contribution in [-0.2, 0) is 16.6 Å². The van der Waals surface area contributed by atoms with Gasteiger partial charge in [-0.15, -0.1) is 0 Å². The fourth-order valence-electron chi connectivity index (χ4n) is 2.49. The number of hydrogen-bond donors (Lipinski definition) is 1. The fraction of sp³-hybridized carbons (Fsp3) is 0.571. The molecule has 7 heteroatoms. The van der Waals surface area contributed by atoms with Crippen LogP contribution in [0.25, 0.3) is 0 Å². The number of nitrogens with one attached hydrogen (secondary N) is 1. The molecule has 0 atom stereocenters. The second-order valence-electron chi connectivity index (χ2n) is 5.49. The first kappa shape index (κ1) is 17.0. The van der Waals surface area contributed by atoms with E-state index in [0.717, 1.165) is 12.8 Å². The Balaban J connectivity index is 2.40. The van der Waals surface area contributed by atoms with Crippen molar-refractivity contribution in [3.63, 3.8) is 0 Å². The number of halogens is 2. The molecule has 21 heavy (non-hydrogen) atoms. The van der Waals surface area contributed by atoms with Crippen LogP contribution in [0.3, 0.4) is 0 Å². The standard InChI is InChI=1S/C14H20Cl2N2O2S/c1-10-3-5-18(6-4-10)21(19,20)13-8-12(15)7-11(9-17-2)14(13)16/h7-8,10,17H,3-6,9H2,1-2H3. The predicted octanol–water partition coefficient (Wildman–Crippen LogP) is 3.13. The maximum atomic E-state index is 12.8. The van der Waals surface area contributed by atoms with Crippen LogP contribution in [-0.4, -0.2) is 32.9 Å². The van der Waals surface area contributed by atoms with E-state index in [9.17, 15) is 8.42 Å². The molecule has 1 saturated heterocycles. The van der Waals surface area contributed by atoms with E-state index in [2.05, 4.69) is 12.2 Å². The fourth-order valence-corrected chi connectivity index (χ4v) is 4.87. The molecule has 0 radical (unpaired) electrons. The molecule has 1 fully saturated rings. The summed E-state index contributed by atoms with van der Waals surface area (Å²) in [4.78, 5) is 0.108. The van der Waals surface area contributed by atoms with Crippen molar-refractivity contribution in [3.8, 4) is 0 Å². The van der Waals surface area contributed by atoms with Gasteiger partial charge in [0.25, 0.3) is 0 Å². The lowest BCUT2D eigenvalue weighted by Crippen LogP contribution is -2.38. The van der Waals surface area contributed by atoms with Crippen LogP contribution in [0, 0.1) is 5.92 Å². The molecule has 2 rings (SSSR count). The minimum atomic E-state index is -3.59. The maximum absolute atomic E-state index is 12.8. The van der Waals surface area contributed by atoms with Gasteiger partial charge in [-0.3, -0.25) is 0 Å². The van der Waals surface area contributed by atoms with E-state index in [1.165, 1.54) is 10.4 Å². The zero-order chi connectivity index (χ0) is 15.6. The average molecular weight is 351 g/mol. The molecule has 118 valence electrons. The smallest absolute Gasteiger partial charge is 0.244 e. The predicted molar refractivity (Wildman–Crippen MR) is 86.4 cm³/mol. The lowest BCUT2D eigenvalue weighted by atomic mass is 10.0. The summed E-state index contributed by atoms with van der Waals surface area (Å²) in [5, 5.41) is 3.60. The molecule has 0 unspecified atom stereocenters. The summed E-state index contributed by atoms with van der Waals surface area (Å²) in [6.45, 7) is 3.68. The lowest BCUT2D eigenvalue weighted by molar-refractivity contribution is 0.288. The van der Waals surface area contributed by atoms with Gasteiger partial charge >= 0.3 is 0 Å². The molecule has 1 aromatic carbocycles. The SMILES string of the molecule is CNCc1cc(Cl)cc(S(=O)(=O)N2CCC(C)CC2)c1Cl. The Kier molecular flexibility index (Phi) is 5.54. The van der Waals surface area contributed by atoms with Gasteiger partial charge in [0, 0.05) is 24.7 Å². The molecule has 1 N–H and O–H groups in total. The van der Waals surface area contributed by atoms with E-state index in [1.54, 1.807) is 13.1 Å². The number of nitrogens with zero attached hydrogens (tertiary/aromatic N) is 1. The summed E-state index contributed by atoms with van der Waals surface area (Å²) >= 11 is 12.3. The summed E-state index contributed by atoms with van der Waals surface area (Å²) in [6, 6.07) is 3.13. The monoisotopic (exact) mass is 350 g/mol. The van der Waals surface area contributed by atoms with Gasteiger partial charge in [-0.1, -0.05) is 30.1 Å². The first-order valence-electron chi connectivity index (χ1n) is 6.99. The Morgan fingerprint density at radius 1 is 1.29 bits per heavy atom. The Bertz CT molecular complexity index is 612. The van der Waals surface area contributed by atoms with Gasteiger partial charge in [0.15, 0.2) is 0 Å². The normalized spacial score (nSPS) is 18.1. The Morgan fingerprint density at radius 3 is 2.48 bits per heavy atom. The van der Waals surface area contributed by atoms with Crippen molar-refractivity contribution in [2.24, 2.45) is 5.92 Å². The third-order valence-electron chi connectivity index (χ3n) is 3.81. The third kappa shape index (κ3) is 3.71. The van der Waals surface area contributed by atoms with Crippen LogP contribution >= 0.6 is 23.2 Å². The molecule has 0 aromatic heterocycles. The topological polar surface area (TPSA) is 49.4 Å². The van der Waals surface area contributed by atoms with Crippen LogP contribution in [0.5, 0.6) is 0 Å². The molecule has 0 amide bonds. The van der Waals surface area contributed by atoms with Gasteiger partial charge < -0.3 is 5.32 Å². The second-order valence-corrected chi connectivity index (χ2v) is 8.21. The van der Waals surface area contributed by atoms with Crippen LogP contribution in [0.4, 0.5) is 0 Å². The van der Waals surface area contributed by atoms with Gasteiger partial charge in [-0.25, -0.2) is 8.42 Å². The number of benzene rings is 1. The first-order valence-corrected chi connectivity index (χ1v) is 9.18. The quantitative estimate of drug-likeness (QED) is 0.907. The van der Waals surface area contributed by atoms with E-state index in [0.29, 0.717) is 36.1 Å². The van der Waals surface area contributed by atoms with Crippen LogP contribution in [0.15, 0.2) is 17.0 Å². The van der Waals surface area contributed by atoms with Crippen molar-refractivity contribution in [3.05, 3.63) is 27.7 Å². The average Bonchev–Trinajstić information content (AvgIpc) is 2.43. The highest BCUT2D eigenvalue weighted by Gasteiger charge is 2.30. The van der Waals surface area contributed by atoms with Gasteiger partial charge in [-0.2, -0.15) is 4.31 Å². The van der Waals surface area contributed by atoms with Crippen LogP contribution < -0.4 is 5.32 Å². The molecule has 4 nitrogen and oxygen atoms in total. The van der Waals surface area contributed by atoms with Gasteiger partial charge in [0.1, 0.15) is 4.90 Å². The lowest BCUT2D eigenvalue weighted by Gasteiger charge is -2.30. The number of hydrogen-bond acceptors (Lipinski definition) is 3. The molecule has 0 spiro atoms.